The number of pyridine rings is 2. The molecule has 2 aromatic heterocycles. The molecule has 5 heteroatoms. The molecule has 1 saturated carbocycles. The lowest BCUT2D eigenvalue weighted by molar-refractivity contribution is 0.0955. The van der Waals surface area contributed by atoms with Crippen LogP contribution in [0.3, 0.4) is 0 Å². The number of nitrogens with zero attached hydrogens (tertiary/aromatic N) is 3. The molecule has 132 valence electrons. The predicted molar refractivity (Wildman–Crippen MR) is 105 cm³/mol. The molecule has 2 aliphatic carbocycles. The molecular weight excluding hydrogens is 336 g/mol. The number of hydrogen-bond donors (Lipinski definition) is 1. The lowest BCUT2D eigenvalue weighted by Crippen LogP contribution is -2.35. The Labute approximate surface area is 156 Å². The first-order valence-electron chi connectivity index (χ1n) is 9.14. The van der Waals surface area contributed by atoms with Gasteiger partial charge in [0, 0.05) is 23.2 Å². The average molecular weight is 354 g/mol. The third-order valence-corrected chi connectivity index (χ3v) is 5.34. The topological polar surface area (TPSA) is 67.2 Å². The third kappa shape index (κ3) is 2.81. The van der Waals surface area contributed by atoms with Crippen LogP contribution < -0.4 is 5.43 Å². The molecule has 0 saturated heterocycles. The number of para-hydroxylation sites is 1. The summed E-state index contributed by atoms with van der Waals surface area (Å²) in [5, 5.41) is 5.20. The maximum Gasteiger partial charge on any atom is 0.272 e. The van der Waals surface area contributed by atoms with Crippen molar-refractivity contribution in [1.82, 2.24) is 15.4 Å². The Morgan fingerprint density at radius 3 is 2.85 bits per heavy atom. The number of fused-ring (bicyclic) bond motifs is 2. The van der Waals surface area contributed by atoms with Crippen LogP contribution in [0.2, 0.25) is 0 Å². The molecule has 2 atom stereocenters. The van der Waals surface area contributed by atoms with Crippen molar-refractivity contribution in [2.24, 2.45) is 16.9 Å². The van der Waals surface area contributed by atoms with Crippen LogP contribution >= 0.6 is 0 Å². The van der Waals surface area contributed by atoms with Crippen molar-refractivity contribution < 1.29 is 4.79 Å². The van der Waals surface area contributed by atoms with Gasteiger partial charge in [-0.15, -0.1) is 0 Å². The maximum absolute atomic E-state index is 12.9. The Hall–Kier alpha value is -3.34. The Morgan fingerprint density at radius 2 is 2.00 bits per heavy atom. The molecule has 5 nitrogen and oxygen atoms in total. The lowest BCUT2D eigenvalue weighted by Gasteiger charge is -2.31. The zero-order valence-electron chi connectivity index (χ0n) is 14.7. The smallest absolute Gasteiger partial charge is 0.267 e. The van der Waals surface area contributed by atoms with Crippen LogP contribution in [-0.4, -0.2) is 21.6 Å². The first-order chi connectivity index (χ1) is 13.3. The summed E-state index contributed by atoms with van der Waals surface area (Å²) in [5.41, 5.74) is 6.55. The van der Waals surface area contributed by atoms with Crippen molar-refractivity contribution in [3.63, 3.8) is 0 Å². The number of amides is 1. The van der Waals surface area contributed by atoms with E-state index < -0.39 is 0 Å². The number of carbonyl (C=O) groups excluding carboxylic acids is 1. The van der Waals surface area contributed by atoms with E-state index >= 15 is 0 Å². The Bertz CT molecular complexity index is 1090. The number of aromatic nitrogens is 2. The van der Waals surface area contributed by atoms with Crippen molar-refractivity contribution >= 4 is 22.5 Å². The van der Waals surface area contributed by atoms with Gasteiger partial charge in [-0.3, -0.25) is 9.78 Å². The maximum atomic E-state index is 12.9. The highest BCUT2D eigenvalue weighted by Gasteiger charge is 2.37. The van der Waals surface area contributed by atoms with Crippen molar-refractivity contribution in [2.75, 3.05) is 0 Å². The molecule has 27 heavy (non-hydrogen) atoms. The largest absolute Gasteiger partial charge is 0.272 e. The fraction of sp³-hybridized carbons (Fsp3) is 0.182. The zero-order valence-corrected chi connectivity index (χ0v) is 14.7. The van der Waals surface area contributed by atoms with E-state index in [1.807, 2.05) is 42.5 Å². The van der Waals surface area contributed by atoms with E-state index in [1.54, 1.807) is 12.3 Å². The van der Waals surface area contributed by atoms with Crippen molar-refractivity contribution in [3.05, 3.63) is 72.4 Å². The van der Waals surface area contributed by atoms with Gasteiger partial charge in [0.25, 0.3) is 5.91 Å². The average Bonchev–Trinajstić information content (AvgIpc) is 3.08. The summed E-state index contributed by atoms with van der Waals surface area (Å²) < 4.78 is 0. The van der Waals surface area contributed by atoms with Gasteiger partial charge in [0.2, 0.25) is 0 Å². The van der Waals surface area contributed by atoms with Gasteiger partial charge in [-0.25, -0.2) is 10.4 Å². The van der Waals surface area contributed by atoms with E-state index in [0.29, 0.717) is 23.1 Å². The summed E-state index contributed by atoms with van der Waals surface area (Å²) in [6, 6.07) is 15.1. The summed E-state index contributed by atoms with van der Waals surface area (Å²) in [6.07, 6.45) is 8.21. The monoisotopic (exact) mass is 354 g/mol. The Morgan fingerprint density at radius 1 is 1.11 bits per heavy atom. The molecular formula is C22H18N4O. The molecule has 1 aromatic carbocycles. The van der Waals surface area contributed by atoms with Crippen LogP contribution in [0.15, 0.2) is 72.0 Å². The molecule has 1 N–H and O–H groups in total. The normalized spacial score (nSPS) is 21.9. The molecule has 2 heterocycles. The van der Waals surface area contributed by atoms with E-state index in [9.17, 15) is 4.79 Å². The highest BCUT2D eigenvalue weighted by Crippen LogP contribution is 2.40. The molecule has 0 aliphatic heterocycles. The highest BCUT2D eigenvalue weighted by molar-refractivity contribution is 6.07. The van der Waals surface area contributed by atoms with Gasteiger partial charge in [-0.1, -0.05) is 36.4 Å². The van der Waals surface area contributed by atoms with Gasteiger partial charge < -0.3 is 0 Å². The summed E-state index contributed by atoms with van der Waals surface area (Å²) in [4.78, 5) is 21.9. The van der Waals surface area contributed by atoms with Crippen LogP contribution in [-0.2, 0) is 0 Å². The standard InChI is InChI=1S/C22H18N4O/c27-22(26-25-20-12-14-6-5-8-15(14)20)17-13-21(19-10-3-4-11-23-19)24-18-9-2-1-7-16(17)18/h1-5,7-11,13-15H,6,12H2,(H,26,27)/b25-20+. The minimum Gasteiger partial charge on any atom is -0.267 e. The molecule has 2 unspecified atom stereocenters. The van der Waals surface area contributed by atoms with Crippen LogP contribution in [0, 0.1) is 11.8 Å². The summed E-state index contributed by atoms with van der Waals surface area (Å²) >= 11 is 0. The lowest BCUT2D eigenvalue weighted by atomic mass is 9.74. The number of allylic oxidation sites excluding steroid dienone is 2. The number of rotatable bonds is 3. The minimum absolute atomic E-state index is 0.219. The van der Waals surface area contributed by atoms with Crippen LogP contribution in [0.4, 0.5) is 0 Å². The predicted octanol–water partition coefficient (Wildman–Crippen LogP) is 3.98. The molecule has 0 bridgehead atoms. The van der Waals surface area contributed by atoms with E-state index in [0.717, 1.165) is 35.2 Å². The number of hydrazone groups is 1. The van der Waals surface area contributed by atoms with Gasteiger partial charge >= 0.3 is 0 Å². The number of benzene rings is 1. The highest BCUT2D eigenvalue weighted by atomic mass is 16.2. The van der Waals surface area contributed by atoms with Gasteiger partial charge in [0.1, 0.15) is 0 Å². The van der Waals surface area contributed by atoms with Gasteiger partial charge in [-0.05, 0) is 43.0 Å². The quantitative estimate of drug-likeness (QED) is 0.571. The third-order valence-electron chi connectivity index (χ3n) is 5.34. The second-order valence-electron chi connectivity index (χ2n) is 6.99. The molecule has 0 radical (unpaired) electrons. The van der Waals surface area contributed by atoms with E-state index in [-0.39, 0.29) is 5.91 Å². The molecule has 3 aromatic rings. The molecule has 5 rings (SSSR count). The van der Waals surface area contributed by atoms with Crippen LogP contribution in [0.25, 0.3) is 22.3 Å². The molecule has 1 fully saturated rings. The summed E-state index contributed by atoms with van der Waals surface area (Å²) in [5.74, 6) is 0.866. The van der Waals surface area contributed by atoms with Crippen molar-refractivity contribution in [1.29, 1.82) is 0 Å². The molecule has 2 aliphatic rings. The first-order valence-corrected chi connectivity index (χ1v) is 9.14. The Balaban J connectivity index is 1.50. The Kier molecular flexibility index (Phi) is 3.78. The first kappa shape index (κ1) is 15.9. The molecule has 0 spiro atoms. The second-order valence-corrected chi connectivity index (χ2v) is 6.99. The number of carbonyl (C=O) groups is 1. The van der Waals surface area contributed by atoms with Crippen LogP contribution in [0.1, 0.15) is 23.2 Å². The van der Waals surface area contributed by atoms with E-state index in [1.165, 1.54) is 0 Å². The van der Waals surface area contributed by atoms with E-state index in [2.05, 4.69) is 32.6 Å². The second kappa shape index (κ2) is 6.43. The van der Waals surface area contributed by atoms with Gasteiger partial charge in [0.05, 0.1) is 22.5 Å². The van der Waals surface area contributed by atoms with Gasteiger partial charge in [-0.2, -0.15) is 5.10 Å². The SMILES string of the molecule is O=C(N/N=C1\CC2CC=CC12)c1cc(-c2ccccn2)nc2ccccc12. The summed E-state index contributed by atoms with van der Waals surface area (Å²) in [6.45, 7) is 0. The minimum atomic E-state index is -0.219. The zero-order chi connectivity index (χ0) is 18.2. The van der Waals surface area contributed by atoms with Crippen LogP contribution in [0.5, 0.6) is 0 Å². The fourth-order valence-corrected chi connectivity index (χ4v) is 3.85. The number of hydrogen-bond acceptors (Lipinski definition) is 4. The van der Waals surface area contributed by atoms with Crippen molar-refractivity contribution in [2.45, 2.75) is 12.8 Å². The van der Waals surface area contributed by atoms with E-state index in [4.69, 9.17) is 0 Å². The molecule has 1 amide bonds. The van der Waals surface area contributed by atoms with Gasteiger partial charge in [0.15, 0.2) is 0 Å². The summed E-state index contributed by atoms with van der Waals surface area (Å²) in [7, 11) is 0. The number of nitrogens with one attached hydrogen (secondary N) is 1. The fourth-order valence-electron chi connectivity index (χ4n) is 3.85. The van der Waals surface area contributed by atoms with Crippen molar-refractivity contribution in [3.8, 4) is 11.4 Å².